The largest absolute Gasteiger partial charge is 0.339 e. The second kappa shape index (κ2) is 5.64. The smallest absolute Gasteiger partial charge is 0.238 e. The maximum absolute atomic E-state index is 12.4. The molecule has 2 saturated heterocycles. The Bertz CT molecular complexity index is 467. The Balaban J connectivity index is 1.98. The topological polar surface area (TPSA) is 57.7 Å². The molecule has 0 aromatic rings. The summed E-state index contributed by atoms with van der Waals surface area (Å²) < 4.78 is 24.9. The number of carbonyl (C=O) groups excluding carboxylic acids is 1. The van der Waals surface area contributed by atoms with E-state index < -0.39 is 10.0 Å². The van der Waals surface area contributed by atoms with Crippen molar-refractivity contribution >= 4 is 15.9 Å². The Labute approximate surface area is 122 Å². The highest BCUT2D eigenvalue weighted by atomic mass is 32.2. The Morgan fingerprint density at radius 2 is 1.90 bits per heavy atom. The van der Waals surface area contributed by atoms with Crippen molar-refractivity contribution in [1.82, 2.24) is 9.21 Å². The van der Waals surface area contributed by atoms with Crippen LogP contribution in [-0.4, -0.2) is 55.0 Å². The first kappa shape index (κ1) is 15.8. The second-order valence-corrected chi connectivity index (χ2v) is 9.24. The van der Waals surface area contributed by atoms with E-state index >= 15 is 0 Å². The molecule has 1 amide bonds. The number of nitrogens with zero attached hydrogens (tertiary/aromatic N) is 2. The zero-order valence-electron chi connectivity index (χ0n) is 12.8. The normalized spacial score (nSPS) is 27.1. The molecule has 0 unspecified atom stereocenters. The number of sulfonamides is 1. The predicted molar refractivity (Wildman–Crippen MR) is 78.8 cm³/mol. The molecule has 0 radical (unpaired) electrons. The van der Waals surface area contributed by atoms with E-state index in [2.05, 4.69) is 20.8 Å². The van der Waals surface area contributed by atoms with Gasteiger partial charge in [-0.05, 0) is 31.1 Å². The van der Waals surface area contributed by atoms with Crippen LogP contribution in [0.5, 0.6) is 0 Å². The zero-order valence-corrected chi connectivity index (χ0v) is 13.6. The molecule has 1 atom stereocenters. The van der Waals surface area contributed by atoms with Crippen molar-refractivity contribution in [1.29, 1.82) is 0 Å². The van der Waals surface area contributed by atoms with Gasteiger partial charge in [-0.15, -0.1) is 0 Å². The summed E-state index contributed by atoms with van der Waals surface area (Å²) in [6.07, 6.45) is 3.68. The first-order chi connectivity index (χ1) is 9.19. The zero-order chi connectivity index (χ0) is 15.0. The third-order valence-electron chi connectivity index (χ3n) is 4.06. The van der Waals surface area contributed by atoms with Gasteiger partial charge in [0.2, 0.25) is 15.9 Å². The fourth-order valence-electron chi connectivity index (χ4n) is 3.19. The third-order valence-corrected chi connectivity index (χ3v) is 5.96. The van der Waals surface area contributed by atoms with Crippen LogP contribution in [0.1, 0.15) is 46.5 Å². The van der Waals surface area contributed by atoms with Crippen molar-refractivity contribution < 1.29 is 13.2 Å². The van der Waals surface area contributed by atoms with Crippen LogP contribution in [0.3, 0.4) is 0 Å². The van der Waals surface area contributed by atoms with Crippen LogP contribution in [0.2, 0.25) is 0 Å². The van der Waals surface area contributed by atoms with E-state index in [1.165, 1.54) is 4.31 Å². The van der Waals surface area contributed by atoms with Gasteiger partial charge in [-0.2, -0.15) is 4.31 Å². The second-order valence-electron chi connectivity index (χ2n) is 7.15. The van der Waals surface area contributed by atoms with Gasteiger partial charge in [0, 0.05) is 19.1 Å². The van der Waals surface area contributed by atoms with E-state index in [0.29, 0.717) is 13.0 Å². The SMILES string of the molecule is CC(C)(C)C[C@@H]1CCCN1C(=O)CN1CCCS1(=O)=O. The fourth-order valence-corrected chi connectivity index (χ4v) is 4.66. The molecule has 2 rings (SSSR count). The monoisotopic (exact) mass is 302 g/mol. The van der Waals surface area contributed by atoms with Gasteiger partial charge < -0.3 is 4.90 Å². The van der Waals surface area contributed by atoms with Gasteiger partial charge in [0.05, 0.1) is 12.3 Å². The molecule has 2 aliphatic heterocycles. The number of hydrogen-bond donors (Lipinski definition) is 0. The van der Waals surface area contributed by atoms with Crippen LogP contribution in [-0.2, 0) is 14.8 Å². The quantitative estimate of drug-likeness (QED) is 0.793. The highest BCUT2D eigenvalue weighted by molar-refractivity contribution is 7.89. The molecule has 2 fully saturated rings. The van der Waals surface area contributed by atoms with Crippen LogP contribution in [0.25, 0.3) is 0 Å². The molecule has 0 aliphatic carbocycles. The minimum absolute atomic E-state index is 0.0257. The lowest BCUT2D eigenvalue weighted by Gasteiger charge is -2.31. The van der Waals surface area contributed by atoms with Crippen LogP contribution in [0.15, 0.2) is 0 Å². The molecule has 0 bridgehead atoms. The highest BCUT2D eigenvalue weighted by Gasteiger charge is 2.35. The first-order valence-electron chi connectivity index (χ1n) is 7.46. The van der Waals surface area contributed by atoms with Crippen LogP contribution in [0.4, 0.5) is 0 Å². The van der Waals surface area contributed by atoms with E-state index in [1.54, 1.807) is 0 Å². The van der Waals surface area contributed by atoms with Gasteiger partial charge in [-0.25, -0.2) is 8.42 Å². The predicted octanol–water partition coefficient (Wildman–Crippen LogP) is 1.45. The van der Waals surface area contributed by atoms with Crippen LogP contribution >= 0.6 is 0 Å². The Hall–Kier alpha value is -0.620. The molecule has 5 nitrogen and oxygen atoms in total. The van der Waals surface area contributed by atoms with Gasteiger partial charge in [-0.1, -0.05) is 20.8 Å². The maximum atomic E-state index is 12.4. The van der Waals surface area contributed by atoms with Crippen molar-refractivity contribution in [2.24, 2.45) is 5.41 Å². The number of amides is 1. The van der Waals surface area contributed by atoms with Crippen LogP contribution < -0.4 is 0 Å². The molecule has 6 heteroatoms. The van der Waals surface area contributed by atoms with E-state index in [0.717, 1.165) is 25.8 Å². The van der Waals surface area contributed by atoms with Gasteiger partial charge in [0.25, 0.3) is 0 Å². The molecule has 116 valence electrons. The lowest BCUT2D eigenvalue weighted by Crippen LogP contribution is -2.44. The first-order valence-corrected chi connectivity index (χ1v) is 9.07. The summed E-state index contributed by atoms with van der Waals surface area (Å²) >= 11 is 0. The standard InChI is InChI=1S/C14H26N2O3S/c1-14(2,3)10-12-6-4-8-16(12)13(17)11-15-7-5-9-20(15,18)19/h12H,4-11H2,1-3H3/t12-/m0/s1. The lowest BCUT2D eigenvalue weighted by molar-refractivity contribution is -0.132. The molecule has 0 aromatic heterocycles. The molecule has 0 spiro atoms. The molecule has 0 aromatic carbocycles. The number of likely N-dealkylation sites (tertiary alicyclic amines) is 1. The summed E-state index contributed by atoms with van der Waals surface area (Å²) in [5.74, 6) is 0.160. The lowest BCUT2D eigenvalue weighted by atomic mass is 9.87. The fraction of sp³-hybridized carbons (Fsp3) is 0.929. The molecular formula is C14H26N2O3S. The number of rotatable bonds is 3. The van der Waals surface area contributed by atoms with E-state index in [-0.39, 0.29) is 29.7 Å². The molecular weight excluding hydrogens is 276 g/mol. The molecule has 0 saturated carbocycles. The average Bonchev–Trinajstić information content (AvgIpc) is 2.84. The van der Waals surface area contributed by atoms with Crippen molar-refractivity contribution in [2.75, 3.05) is 25.4 Å². The van der Waals surface area contributed by atoms with Crippen LogP contribution in [0, 0.1) is 5.41 Å². The minimum Gasteiger partial charge on any atom is -0.339 e. The van der Waals surface area contributed by atoms with Crippen molar-refractivity contribution in [2.45, 2.75) is 52.5 Å². The Kier molecular flexibility index (Phi) is 4.44. The summed E-state index contributed by atoms with van der Waals surface area (Å²) in [4.78, 5) is 14.3. The third kappa shape index (κ3) is 3.73. The summed E-state index contributed by atoms with van der Waals surface area (Å²) in [7, 11) is -3.18. The number of carbonyl (C=O) groups is 1. The van der Waals surface area contributed by atoms with E-state index in [9.17, 15) is 13.2 Å². The Morgan fingerprint density at radius 3 is 2.45 bits per heavy atom. The molecule has 0 N–H and O–H groups in total. The summed E-state index contributed by atoms with van der Waals surface area (Å²) in [6, 6.07) is 0.271. The summed E-state index contributed by atoms with van der Waals surface area (Å²) in [6.45, 7) is 7.83. The molecule has 2 heterocycles. The van der Waals surface area contributed by atoms with Crippen molar-refractivity contribution in [3.8, 4) is 0 Å². The van der Waals surface area contributed by atoms with Gasteiger partial charge in [-0.3, -0.25) is 4.79 Å². The van der Waals surface area contributed by atoms with E-state index in [4.69, 9.17) is 0 Å². The van der Waals surface area contributed by atoms with Gasteiger partial charge in [0.1, 0.15) is 0 Å². The maximum Gasteiger partial charge on any atom is 0.238 e. The van der Waals surface area contributed by atoms with Crippen molar-refractivity contribution in [3.63, 3.8) is 0 Å². The average molecular weight is 302 g/mol. The summed E-state index contributed by atoms with van der Waals surface area (Å²) in [5, 5.41) is 0. The molecule has 2 aliphatic rings. The van der Waals surface area contributed by atoms with Crippen molar-refractivity contribution in [3.05, 3.63) is 0 Å². The van der Waals surface area contributed by atoms with E-state index in [1.807, 2.05) is 4.90 Å². The van der Waals surface area contributed by atoms with Gasteiger partial charge >= 0.3 is 0 Å². The molecule has 20 heavy (non-hydrogen) atoms. The summed E-state index contributed by atoms with van der Waals surface area (Å²) in [5.41, 5.74) is 0.188. The highest BCUT2D eigenvalue weighted by Crippen LogP contribution is 2.30. The Morgan fingerprint density at radius 1 is 1.20 bits per heavy atom. The number of hydrogen-bond acceptors (Lipinski definition) is 3. The minimum atomic E-state index is -3.18. The van der Waals surface area contributed by atoms with Gasteiger partial charge in [0.15, 0.2) is 0 Å².